The zero-order valence-corrected chi connectivity index (χ0v) is 8.83. The summed E-state index contributed by atoms with van der Waals surface area (Å²) >= 11 is 5.92. The molecule has 0 radical (unpaired) electrons. The van der Waals surface area contributed by atoms with Gasteiger partial charge in [-0.25, -0.2) is 0 Å². The number of halogens is 1. The third-order valence-corrected chi connectivity index (χ3v) is 2.50. The first-order valence-corrected chi connectivity index (χ1v) is 5.01. The summed E-state index contributed by atoms with van der Waals surface area (Å²) < 4.78 is 10.5. The molecule has 5 heteroatoms. The normalized spacial score (nSPS) is 16.7. The Labute approximate surface area is 92.5 Å². The van der Waals surface area contributed by atoms with Crippen molar-refractivity contribution in [3.8, 4) is 5.75 Å². The van der Waals surface area contributed by atoms with Crippen molar-refractivity contribution in [2.24, 2.45) is 5.73 Å². The average molecular weight is 230 g/mol. The van der Waals surface area contributed by atoms with Gasteiger partial charge < -0.3 is 20.3 Å². The van der Waals surface area contributed by atoms with Crippen LogP contribution in [0.2, 0.25) is 5.02 Å². The Morgan fingerprint density at radius 1 is 1.53 bits per heavy atom. The fourth-order valence-electron chi connectivity index (χ4n) is 1.58. The van der Waals surface area contributed by atoms with Crippen LogP contribution < -0.4 is 10.5 Å². The third-order valence-electron chi connectivity index (χ3n) is 2.29. The number of ether oxygens (including phenoxy) is 2. The maximum atomic E-state index is 9.71. The molecule has 0 aromatic heterocycles. The minimum atomic E-state index is -0.754. The molecule has 0 saturated heterocycles. The zero-order valence-electron chi connectivity index (χ0n) is 8.07. The second-order valence-electron chi connectivity index (χ2n) is 3.35. The largest absolute Gasteiger partial charge is 0.467 e. The van der Waals surface area contributed by atoms with Crippen molar-refractivity contribution in [2.45, 2.75) is 12.7 Å². The summed E-state index contributed by atoms with van der Waals surface area (Å²) in [5, 5.41) is 10.3. The SMILES string of the molecule is NCC(O)c1cc(Cl)cc2c1OCOC2. The third kappa shape index (κ3) is 2.08. The number of fused-ring (bicyclic) bond motifs is 1. The van der Waals surface area contributed by atoms with Gasteiger partial charge in [0.25, 0.3) is 0 Å². The van der Waals surface area contributed by atoms with Crippen molar-refractivity contribution in [1.29, 1.82) is 0 Å². The maximum Gasteiger partial charge on any atom is 0.189 e. The van der Waals surface area contributed by atoms with E-state index in [2.05, 4.69) is 0 Å². The number of hydrogen-bond acceptors (Lipinski definition) is 4. The molecule has 0 bridgehead atoms. The van der Waals surface area contributed by atoms with Crippen molar-refractivity contribution in [3.05, 3.63) is 28.3 Å². The molecule has 0 amide bonds. The van der Waals surface area contributed by atoms with Gasteiger partial charge in [-0.2, -0.15) is 0 Å². The van der Waals surface area contributed by atoms with Crippen molar-refractivity contribution >= 4 is 11.6 Å². The Hall–Kier alpha value is -0.810. The van der Waals surface area contributed by atoms with Gasteiger partial charge in [-0.3, -0.25) is 0 Å². The number of rotatable bonds is 2. The average Bonchev–Trinajstić information content (AvgIpc) is 2.26. The molecule has 1 aliphatic rings. The van der Waals surface area contributed by atoms with Crippen LogP contribution >= 0.6 is 11.6 Å². The molecule has 0 fully saturated rings. The highest BCUT2D eigenvalue weighted by Crippen LogP contribution is 2.34. The second kappa shape index (κ2) is 4.37. The quantitative estimate of drug-likeness (QED) is 0.800. The molecule has 4 nitrogen and oxygen atoms in total. The molecule has 0 aliphatic carbocycles. The molecule has 15 heavy (non-hydrogen) atoms. The van der Waals surface area contributed by atoms with E-state index in [-0.39, 0.29) is 13.3 Å². The molecule has 3 N–H and O–H groups in total. The first kappa shape index (κ1) is 10.7. The summed E-state index contributed by atoms with van der Waals surface area (Å²) in [6.07, 6.45) is -0.754. The van der Waals surface area contributed by atoms with Crippen molar-refractivity contribution in [1.82, 2.24) is 0 Å². The first-order valence-electron chi connectivity index (χ1n) is 4.63. The van der Waals surface area contributed by atoms with E-state index in [0.29, 0.717) is 22.9 Å². The van der Waals surface area contributed by atoms with E-state index < -0.39 is 6.10 Å². The standard InChI is InChI=1S/C10H12ClNO3/c11-7-1-6-4-14-5-15-10(6)8(2-7)9(13)3-12/h1-2,9,13H,3-5,12H2. The predicted molar refractivity (Wildman–Crippen MR) is 55.8 cm³/mol. The summed E-state index contributed by atoms with van der Waals surface area (Å²) in [5.41, 5.74) is 6.88. The summed E-state index contributed by atoms with van der Waals surface area (Å²) in [4.78, 5) is 0. The van der Waals surface area contributed by atoms with Gasteiger partial charge in [0.2, 0.25) is 0 Å². The van der Waals surface area contributed by atoms with E-state index in [1.165, 1.54) is 0 Å². The van der Waals surface area contributed by atoms with Crippen LogP contribution in [0.4, 0.5) is 0 Å². The molecule has 0 saturated carbocycles. The number of aliphatic hydroxyl groups is 1. The maximum absolute atomic E-state index is 9.71. The lowest BCUT2D eigenvalue weighted by Gasteiger charge is -2.22. The summed E-state index contributed by atoms with van der Waals surface area (Å²) in [6.45, 7) is 0.774. The number of nitrogens with two attached hydrogens (primary N) is 1. The molecule has 1 aliphatic heterocycles. The molecule has 1 atom stereocenters. The monoisotopic (exact) mass is 229 g/mol. The van der Waals surface area contributed by atoms with Gasteiger partial charge in [0, 0.05) is 22.7 Å². The summed E-state index contributed by atoms with van der Waals surface area (Å²) in [5.74, 6) is 0.642. The van der Waals surface area contributed by atoms with E-state index in [1.807, 2.05) is 0 Å². The van der Waals surface area contributed by atoms with Crippen LogP contribution in [0.1, 0.15) is 17.2 Å². The smallest absolute Gasteiger partial charge is 0.189 e. The van der Waals surface area contributed by atoms with Gasteiger partial charge in [-0.15, -0.1) is 0 Å². The van der Waals surface area contributed by atoms with Crippen molar-refractivity contribution in [2.75, 3.05) is 13.3 Å². The Balaban J connectivity index is 2.47. The van der Waals surface area contributed by atoms with Gasteiger partial charge in [0.15, 0.2) is 6.79 Å². The van der Waals surface area contributed by atoms with E-state index in [0.717, 1.165) is 5.56 Å². The predicted octanol–water partition coefficient (Wildman–Crippen LogP) is 1.20. The zero-order chi connectivity index (χ0) is 10.8. The second-order valence-corrected chi connectivity index (χ2v) is 3.78. The van der Waals surface area contributed by atoms with E-state index in [4.69, 9.17) is 26.8 Å². The molecule has 1 aromatic carbocycles. The number of benzene rings is 1. The van der Waals surface area contributed by atoms with Gasteiger partial charge in [-0.1, -0.05) is 11.6 Å². The molecule has 0 spiro atoms. The minimum Gasteiger partial charge on any atom is -0.467 e. The highest BCUT2D eigenvalue weighted by Gasteiger charge is 2.20. The van der Waals surface area contributed by atoms with Crippen LogP contribution in [0.5, 0.6) is 5.75 Å². The lowest BCUT2D eigenvalue weighted by atomic mass is 10.0. The Kier molecular flexibility index (Phi) is 3.11. The Bertz CT molecular complexity index is 370. The minimum absolute atomic E-state index is 0.136. The summed E-state index contributed by atoms with van der Waals surface area (Å²) in [7, 11) is 0. The van der Waals surface area contributed by atoms with Crippen LogP contribution in [-0.4, -0.2) is 18.4 Å². The Morgan fingerprint density at radius 3 is 3.07 bits per heavy atom. The lowest BCUT2D eigenvalue weighted by molar-refractivity contribution is -0.0184. The van der Waals surface area contributed by atoms with Gasteiger partial charge in [-0.05, 0) is 12.1 Å². The van der Waals surface area contributed by atoms with E-state index in [9.17, 15) is 5.11 Å². The van der Waals surface area contributed by atoms with Crippen LogP contribution in [0.15, 0.2) is 12.1 Å². The molecule has 82 valence electrons. The first-order chi connectivity index (χ1) is 7.22. The topological polar surface area (TPSA) is 64.7 Å². The Morgan fingerprint density at radius 2 is 2.33 bits per heavy atom. The van der Waals surface area contributed by atoms with Gasteiger partial charge in [0.05, 0.1) is 12.7 Å². The fourth-order valence-corrected chi connectivity index (χ4v) is 1.83. The molecule has 1 aromatic rings. The highest BCUT2D eigenvalue weighted by molar-refractivity contribution is 6.30. The van der Waals surface area contributed by atoms with E-state index in [1.54, 1.807) is 12.1 Å². The van der Waals surface area contributed by atoms with Gasteiger partial charge >= 0.3 is 0 Å². The fraction of sp³-hybridized carbons (Fsp3) is 0.400. The van der Waals surface area contributed by atoms with E-state index >= 15 is 0 Å². The highest BCUT2D eigenvalue weighted by atomic mass is 35.5. The molecule has 1 heterocycles. The van der Waals surface area contributed by atoms with Crippen molar-refractivity contribution < 1.29 is 14.6 Å². The van der Waals surface area contributed by atoms with Crippen LogP contribution in [0.25, 0.3) is 0 Å². The molecular formula is C10H12ClNO3. The van der Waals surface area contributed by atoms with Crippen molar-refractivity contribution in [3.63, 3.8) is 0 Å². The molecule has 1 unspecified atom stereocenters. The molecule has 2 rings (SSSR count). The number of hydrogen-bond donors (Lipinski definition) is 2. The van der Waals surface area contributed by atoms with Crippen LogP contribution in [0.3, 0.4) is 0 Å². The lowest BCUT2D eigenvalue weighted by Crippen LogP contribution is -2.17. The number of aliphatic hydroxyl groups excluding tert-OH is 1. The molecular weight excluding hydrogens is 218 g/mol. The van der Waals surface area contributed by atoms with Crippen LogP contribution in [-0.2, 0) is 11.3 Å². The van der Waals surface area contributed by atoms with Gasteiger partial charge in [0.1, 0.15) is 5.75 Å². The summed E-state index contributed by atoms with van der Waals surface area (Å²) in [6, 6.07) is 3.44. The van der Waals surface area contributed by atoms with Crippen LogP contribution in [0, 0.1) is 0 Å².